The number of fused-ring (bicyclic) bond motifs is 1. The molecule has 4 heterocycles. The second kappa shape index (κ2) is 11.1. The van der Waals surface area contributed by atoms with Gasteiger partial charge in [-0.05, 0) is 51.0 Å². The van der Waals surface area contributed by atoms with Gasteiger partial charge in [0.15, 0.2) is 5.13 Å². The lowest BCUT2D eigenvalue weighted by Gasteiger charge is -2.27. The van der Waals surface area contributed by atoms with Crippen molar-refractivity contribution in [3.05, 3.63) is 58.9 Å². The van der Waals surface area contributed by atoms with Gasteiger partial charge in [0.25, 0.3) is 11.8 Å². The lowest BCUT2D eigenvalue weighted by molar-refractivity contribution is 0.0263. The van der Waals surface area contributed by atoms with Gasteiger partial charge in [-0.2, -0.15) is 0 Å². The normalized spacial score (nSPS) is 15.5. The Kier molecular flexibility index (Phi) is 7.61. The van der Waals surface area contributed by atoms with Crippen LogP contribution in [0.2, 0.25) is 0 Å². The van der Waals surface area contributed by atoms with Crippen molar-refractivity contribution in [1.29, 1.82) is 0 Å². The van der Waals surface area contributed by atoms with E-state index in [4.69, 9.17) is 9.47 Å². The van der Waals surface area contributed by atoms with Crippen molar-refractivity contribution in [3.8, 4) is 5.75 Å². The molecule has 2 aliphatic rings. The molecule has 0 aliphatic carbocycles. The predicted molar refractivity (Wildman–Crippen MR) is 152 cm³/mol. The number of carbonyl (C=O) groups excluding carboxylic acids is 3. The number of carbonyl (C=O) groups is 3. The van der Waals surface area contributed by atoms with Crippen molar-refractivity contribution in [2.75, 3.05) is 48.4 Å². The Balaban J connectivity index is 1.26. The van der Waals surface area contributed by atoms with Gasteiger partial charge in [0.05, 0.1) is 31.2 Å². The highest BCUT2D eigenvalue weighted by molar-refractivity contribution is 7.14. The second-order valence-corrected chi connectivity index (χ2v) is 11.4. The van der Waals surface area contributed by atoms with Crippen LogP contribution in [0.15, 0.2) is 42.0 Å². The Morgan fingerprint density at radius 3 is 2.70 bits per heavy atom. The number of hydrogen-bond acceptors (Lipinski definition) is 9. The third kappa shape index (κ3) is 5.86. The summed E-state index contributed by atoms with van der Waals surface area (Å²) in [7, 11) is 1.56. The molecule has 40 heavy (non-hydrogen) atoms. The average molecular weight is 565 g/mol. The first-order chi connectivity index (χ1) is 19.1. The fourth-order valence-electron chi connectivity index (χ4n) is 4.67. The summed E-state index contributed by atoms with van der Waals surface area (Å²) in [6.45, 7) is 8.31. The zero-order valence-electron chi connectivity index (χ0n) is 23.0. The molecule has 0 bridgehead atoms. The minimum absolute atomic E-state index is 0.175. The molecule has 5 rings (SSSR count). The molecule has 0 radical (unpaired) electrons. The highest BCUT2D eigenvalue weighted by Crippen LogP contribution is 2.33. The number of nitrogens with zero attached hydrogens (tertiary/aromatic N) is 5. The minimum atomic E-state index is -0.555. The molecule has 0 unspecified atom stereocenters. The summed E-state index contributed by atoms with van der Waals surface area (Å²) in [5.74, 6) is 0.0431. The lowest BCUT2D eigenvalue weighted by Crippen LogP contribution is -2.39. The quantitative estimate of drug-likeness (QED) is 0.485. The minimum Gasteiger partial charge on any atom is -0.497 e. The van der Waals surface area contributed by atoms with Crippen LogP contribution in [0.1, 0.15) is 53.6 Å². The SMILES string of the molecule is COc1ccc2c(c1)C(=O)N(c1nc(C(=O)Nc3cnccc3N3CCCN(C(=O)OC(C)(C)C)CC3)cs1)C2. The van der Waals surface area contributed by atoms with Crippen molar-refractivity contribution in [3.63, 3.8) is 0 Å². The molecular weight excluding hydrogens is 532 g/mol. The van der Waals surface area contributed by atoms with Gasteiger partial charge in [0.1, 0.15) is 17.0 Å². The predicted octanol–water partition coefficient (Wildman–Crippen LogP) is 4.41. The molecule has 0 spiro atoms. The third-order valence-corrected chi connectivity index (χ3v) is 7.47. The van der Waals surface area contributed by atoms with Crippen LogP contribution in [0, 0.1) is 0 Å². The van der Waals surface area contributed by atoms with Crippen LogP contribution >= 0.6 is 11.3 Å². The number of amides is 3. The van der Waals surface area contributed by atoms with Crippen molar-refractivity contribution >= 4 is 45.8 Å². The molecule has 0 saturated carbocycles. The topological polar surface area (TPSA) is 117 Å². The Hall–Kier alpha value is -4.19. The summed E-state index contributed by atoms with van der Waals surface area (Å²) in [5.41, 5.74) is 2.47. The molecule has 3 aromatic rings. The largest absolute Gasteiger partial charge is 0.497 e. The van der Waals surface area contributed by atoms with Crippen LogP contribution in [0.4, 0.5) is 21.3 Å². The van der Waals surface area contributed by atoms with Gasteiger partial charge in [0.2, 0.25) is 0 Å². The molecular formula is C28H32N6O5S. The summed E-state index contributed by atoms with van der Waals surface area (Å²) in [6.07, 6.45) is 3.71. The van der Waals surface area contributed by atoms with Crippen molar-refractivity contribution in [1.82, 2.24) is 14.9 Å². The summed E-state index contributed by atoms with van der Waals surface area (Å²) in [4.78, 5) is 52.9. The molecule has 1 saturated heterocycles. The average Bonchev–Trinajstić information content (AvgIpc) is 3.44. The van der Waals surface area contributed by atoms with Crippen LogP contribution in [0.25, 0.3) is 0 Å². The van der Waals surface area contributed by atoms with Crippen molar-refractivity contribution in [2.45, 2.75) is 39.3 Å². The van der Waals surface area contributed by atoms with E-state index in [-0.39, 0.29) is 17.7 Å². The fourth-order valence-corrected chi connectivity index (χ4v) is 5.47. The van der Waals surface area contributed by atoms with E-state index in [0.717, 1.165) is 17.7 Å². The smallest absolute Gasteiger partial charge is 0.410 e. The molecule has 2 aliphatic heterocycles. The lowest BCUT2D eigenvalue weighted by atomic mass is 10.1. The first kappa shape index (κ1) is 27.4. The van der Waals surface area contributed by atoms with Crippen LogP contribution < -0.4 is 19.9 Å². The van der Waals surface area contributed by atoms with Crippen molar-refractivity contribution in [2.24, 2.45) is 0 Å². The first-order valence-corrected chi connectivity index (χ1v) is 13.9. The highest BCUT2D eigenvalue weighted by atomic mass is 32.1. The Labute approximate surface area is 236 Å². The van der Waals surface area contributed by atoms with Gasteiger partial charge in [-0.15, -0.1) is 11.3 Å². The van der Waals surface area contributed by atoms with E-state index < -0.39 is 11.5 Å². The second-order valence-electron chi connectivity index (χ2n) is 10.6. The van der Waals surface area contributed by atoms with Gasteiger partial charge >= 0.3 is 6.09 Å². The number of pyridine rings is 1. The van der Waals surface area contributed by atoms with E-state index in [1.165, 1.54) is 11.3 Å². The van der Waals surface area contributed by atoms with Crippen LogP contribution in [0.5, 0.6) is 5.75 Å². The van der Waals surface area contributed by atoms with E-state index in [0.29, 0.717) is 54.9 Å². The highest BCUT2D eigenvalue weighted by Gasteiger charge is 2.31. The number of thiazole rings is 1. The standard InChI is InChI=1S/C28H32N6O5S/c1-28(2,3)39-27(37)33-11-5-10-32(12-13-33)23-8-9-29-15-21(23)30-24(35)22-17-40-26(31-22)34-16-18-6-7-19(38-4)14-20(18)25(34)36/h6-9,14-15,17H,5,10-13,16H2,1-4H3,(H,30,35). The van der Waals surface area contributed by atoms with Crippen LogP contribution in [-0.4, -0.2) is 71.7 Å². The Morgan fingerprint density at radius 1 is 1.10 bits per heavy atom. The Morgan fingerprint density at radius 2 is 1.93 bits per heavy atom. The summed E-state index contributed by atoms with van der Waals surface area (Å²) in [5, 5.41) is 5.02. The molecule has 1 aromatic carbocycles. The van der Waals surface area contributed by atoms with Crippen LogP contribution in [-0.2, 0) is 11.3 Å². The number of hydrogen-bond donors (Lipinski definition) is 1. The molecule has 11 nitrogen and oxygen atoms in total. The monoisotopic (exact) mass is 564 g/mol. The van der Waals surface area contributed by atoms with E-state index in [1.54, 1.807) is 40.7 Å². The number of ether oxygens (including phenoxy) is 2. The number of methoxy groups -OCH3 is 1. The summed E-state index contributed by atoms with van der Waals surface area (Å²) < 4.78 is 10.8. The van der Waals surface area contributed by atoms with E-state index in [1.807, 2.05) is 39.0 Å². The Bertz CT molecular complexity index is 1430. The number of rotatable bonds is 5. The fraction of sp³-hybridized carbons (Fsp3) is 0.393. The van der Waals surface area contributed by atoms with E-state index >= 15 is 0 Å². The zero-order chi connectivity index (χ0) is 28.4. The summed E-state index contributed by atoms with van der Waals surface area (Å²) in [6, 6.07) is 7.26. The maximum atomic E-state index is 13.2. The first-order valence-electron chi connectivity index (χ1n) is 13.1. The number of nitrogens with one attached hydrogen (secondary N) is 1. The molecule has 1 N–H and O–H groups in total. The van der Waals surface area contributed by atoms with E-state index in [2.05, 4.69) is 20.2 Å². The molecule has 2 aromatic heterocycles. The number of benzene rings is 1. The molecule has 3 amide bonds. The third-order valence-electron chi connectivity index (χ3n) is 6.61. The van der Waals surface area contributed by atoms with Gasteiger partial charge in [0, 0.05) is 43.3 Å². The van der Waals surface area contributed by atoms with Gasteiger partial charge in [-0.25, -0.2) is 9.78 Å². The number of aromatic nitrogens is 2. The van der Waals surface area contributed by atoms with Crippen molar-refractivity contribution < 1.29 is 23.9 Å². The summed E-state index contributed by atoms with van der Waals surface area (Å²) >= 11 is 1.24. The number of anilines is 3. The molecule has 12 heteroatoms. The van der Waals surface area contributed by atoms with Gasteiger partial charge in [-0.3, -0.25) is 19.5 Å². The van der Waals surface area contributed by atoms with Gasteiger partial charge in [-0.1, -0.05) is 6.07 Å². The zero-order valence-corrected chi connectivity index (χ0v) is 23.8. The molecule has 210 valence electrons. The van der Waals surface area contributed by atoms with E-state index in [9.17, 15) is 14.4 Å². The maximum absolute atomic E-state index is 13.2. The van der Waals surface area contributed by atoms with Gasteiger partial charge < -0.3 is 24.6 Å². The molecule has 1 fully saturated rings. The van der Waals surface area contributed by atoms with Crippen LogP contribution in [0.3, 0.4) is 0 Å². The maximum Gasteiger partial charge on any atom is 0.410 e. The molecule has 0 atom stereocenters.